The van der Waals surface area contributed by atoms with Crippen molar-refractivity contribution in [2.75, 3.05) is 11.1 Å². The summed E-state index contributed by atoms with van der Waals surface area (Å²) in [7, 11) is 0. The van der Waals surface area contributed by atoms with Crippen molar-refractivity contribution in [2.45, 2.75) is 31.6 Å². The van der Waals surface area contributed by atoms with Crippen LogP contribution in [-0.4, -0.2) is 5.75 Å². The minimum atomic E-state index is 0.216. The molecule has 0 amide bonds. The topological polar surface area (TPSA) is 12.0 Å². The van der Waals surface area contributed by atoms with Crippen LogP contribution in [0.15, 0.2) is 91.0 Å². The van der Waals surface area contributed by atoms with Crippen LogP contribution in [0.3, 0.4) is 0 Å². The summed E-state index contributed by atoms with van der Waals surface area (Å²) in [6.07, 6.45) is 1.24. The van der Waals surface area contributed by atoms with Gasteiger partial charge in [0.1, 0.15) is 0 Å². The normalized spacial score (nSPS) is 13.3. The molecule has 140 valence electrons. The smallest absolute Gasteiger partial charge is 0.0673 e. The van der Waals surface area contributed by atoms with Crippen LogP contribution in [0.2, 0.25) is 0 Å². The molecule has 0 heterocycles. The van der Waals surface area contributed by atoms with Gasteiger partial charge in [0.15, 0.2) is 0 Å². The zero-order valence-electron chi connectivity index (χ0n) is 16.2. The number of para-hydroxylation sites is 1. The van der Waals surface area contributed by atoms with E-state index in [2.05, 4.69) is 122 Å². The van der Waals surface area contributed by atoms with Gasteiger partial charge in [-0.05, 0) is 41.4 Å². The van der Waals surface area contributed by atoms with Gasteiger partial charge >= 0.3 is 0 Å². The first-order valence-electron chi connectivity index (χ1n) is 9.77. The molecule has 0 aromatic heterocycles. The number of hydrogen-bond donors (Lipinski definition) is 1. The molecule has 2 heteroatoms. The Morgan fingerprint density at radius 3 is 1.78 bits per heavy atom. The van der Waals surface area contributed by atoms with Gasteiger partial charge in [0.25, 0.3) is 0 Å². The minimum Gasteiger partial charge on any atom is -0.377 e. The van der Waals surface area contributed by atoms with Gasteiger partial charge in [-0.1, -0.05) is 92.7 Å². The Labute approximate surface area is 168 Å². The van der Waals surface area contributed by atoms with Gasteiger partial charge in [0, 0.05) is 5.69 Å². The Bertz CT molecular complexity index is 771. The average Bonchev–Trinajstić information content (AvgIpc) is 2.72. The Balaban J connectivity index is 1.93. The van der Waals surface area contributed by atoms with Crippen molar-refractivity contribution in [3.05, 3.63) is 102 Å². The lowest BCUT2D eigenvalue weighted by Gasteiger charge is -2.30. The average molecular weight is 376 g/mol. The van der Waals surface area contributed by atoms with Crippen molar-refractivity contribution in [3.8, 4) is 0 Å². The first-order valence-corrected chi connectivity index (χ1v) is 10.8. The van der Waals surface area contributed by atoms with Gasteiger partial charge in [-0.25, -0.2) is 0 Å². The monoisotopic (exact) mass is 375 g/mol. The van der Waals surface area contributed by atoms with Crippen molar-refractivity contribution in [1.29, 1.82) is 0 Å². The molecule has 0 aliphatic rings. The number of thioether (sulfide) groups is 1. The molecule has 3 rings (SSSR count). The van der Waals surface area contributed by atoms with E-state index in [0.717, 1.165) is 17.4 Å². The van der Waals surface area contributed by atoms with Crippen LogP contribution < -0.4 is 5.32 Å². The van der Waals surface area contributed by atoms with Crippen molar-refractivity contribution in [3.63, 3.8) is 0 Å². The number of nitrogens with one attached hydrogen (secondary N) is 1. The maximum absolute atomic E-state index is 3.81. The van der Waals surface area contributed by atoms with Gasteiger partial charge in [0.2, 0.25) is 0 Å². The molecule has 1 N–H and O–H groups in total. The third-order valence-corrected chi connectivity index (χ3v) is 6.05. The Hall–Kier alpha value is -2.19. The number of rotatable bonds is 9. The van der Waals surface area contributed by atoms with E-state index in [-0.39, 0.29) is 6.04 Å². The van der Waals surface area contributed by atoms with E-state index in [0.29, 0.717) is 5.25 Å². The summed E-state index contributed by atoms with van der Waals surface area (Å²) in [6.45, 7) is 4.60. The molecule has 0 aliphatic heterocycles. The Morgan fingerprint density at radius 2 is 1.22 bits per heavy atom. The third kappa shape index (κ3) is 5.90. The van der Waals surface area contributed by atoms with E-state index in [9.17, 15) is 0 Å². The summed E-state index contributed by atoms with van der Waals surface area (Å²) < 4.78 is 0. The highest BCUT2D eigenvalue weighted by Gasteiger charge is 2.25. The molecule has 0 bridgehead atoms. The highest BCUT2D eigenvalue weighted by molar-refractivity contribution is 7.99. The predicted molar refractivity (Wildman–Crippen MR) is 120 cm³/mol. The molecule has 0 radical (unpaired) electrons. The minimum absolute atomic E-state index is 0.216. The predicted octanol–water partition coefficient (Wildman–Crippen LogP) is 7.36. The first kappa shape index (κ1) is 19.6. The van der Waals surface area contributed by atoms with Gasteiger partial charge in [-0.2, -0.15) is 11.8 Å². The molecule has 1 nitrogen and oxygen atoms in total. The summed E-state index contributed by atoms with van der Waals surface area (Å²) in [4.78, 5) is 0. The van der Waals surface area contributed by atoms with Crippen molar-refractivity contribution >= 4 is 17.4 Å². The highest BCUT2D eigenvalue weighted by Crippen LogP contribution is 2.42. The fourth-order valence-corrected chi connectivity index (χ4v) is 4.80. The fraction of sp³-hybridized carbons (Fsp3) is 0.280. The molecule has 0 fully saturated rings. The van der Waals surface area contributed by atoms with Crippen molar-refractivity contribution < 1.29 is 0 Å². The largest absolute Gasteiger partial charge is 0.377 e. The lowest BCUT2D eigenvalue weighted by Crippen LogP contribution is -2.18. The molecule has 3 aromatic carbocycles. The van der Waals surface area contributed by atoms with E-state index in [1.165, 1.54) is 17.5 Å². The van der Waals surface area contributed by atoms with E-state index in [1.807, 2.05) is 0 Å². The zero-order valence-corrected chi connectivity index (χ0v) is 17.0. The fourth-order valence-electron chi connectivity index (χ4n) is 3.17. The molecule has 0 aliphatic carbocycles. The van der Waals surface area contributed by atoms with Gasteiger partial charge in [0.05, 0.1) is 11.3 Å². The van der Waals surface area contributed by atoms with Crippen LogP contribution >= 0.6 is 11.8 Å². The number of anilines is 1. The lowest BCUT2D eigenvalue weighted by atomic mass is 9.98. The zero-order chi connectivity index (χ0) is 18.9. The number of hydrogen-bond acceptors (Lipinski definition) is 2. The molecular weight excluding hydrogens is 346 g/mol. The summed E-state index contributed by atoms with van der Waals surface area (Å²) >= 11 is 2.06. The molecule has 2 atom stereocenters. The van der Waals surface area contributed by atoms with Crippen LogP contribution in [0.4, 0.5) is 5.69 Å². The van der Waals surface area contributed by atoms with E-state index >= 15 is 0 Å². The second-order valence-corrected chi connectivity index (χ2v) is 8.53. The third-order valence-electron chi connectivity index (χ3n) is 4.68. The first-order chi connectivity index (χ1) is 13.2. The summed E-state index contributed by atoms with van der Waals surface area (Å²) in [5.41, 5.74) is 3.87. The van der Waals surface area contributed by atoms with Gasteiger partial charge < -0.3 is 5.32 Å². The van der Waals surface area contributed by atoms with Crippen molar-refractivity contribution in [1.82, 2.24) is 0 Å². The summed E-state index contributed by atoms with van der Waals surface area (Å²) in [5, 5.41) is 4.17. The van der Waals surface area contributed by atoms with E-state index in [1.54, 1.807) is 0 Å². The molecule has 0 spiro atoms. The molecule has 0 unspecified atom stereocenters. The molecular formula is C25H29NS. The van der Waals surface area contributed by atoms with Gasteiger partial charge in [-0.3, -0.25) is 0 Å². The van der Waals surface area contributed by atoms with Crippen LogP contribution in [0, 0.1) is 5.92 Å². The van der Waals surface area contributed by atoms with Crippen LogP contribution in [0.1, 0.15) is 42.7 Å². The second kappa shape index (κ2) is 10.2. The summed E-state index contributed by atoms with van der Waals surface area (Å²) in [6, 6.07) is 32.5. The number of benzene rings is 3. The SMILES string of the molecule is CC(C)CCS[C@H](c1ccccc1)[C@H](Nc1ccccc1)c1ccccc1. The highest BCUT2D eigenvalue weighted by atomic mass is 32.2. The summed E-state index contributed by atoms with van der Waals surface area (Å²) in [5.74, 6) is 1.89. The Kier molecular flexibility index (Phi) is 7.41. The van der Waals surface area contributed by atoms with Crippen LogP contribution in [0.25, 0.3) is 0 Å². The quantitative estimate of drug-likeness (QED) is 0.419. The standard InChI is InChI=1S/C25H29NS/c1-20(2)18-19-27-25(22-14-8-4-9-15-22)24(21-12-6-3-7-13-21)26-23-16-10-5-11-17-23/h3-17,20,24-26H,18-19H2,1-2H3/t24-,25-/m1/s1. The van der Waals surface area contributed by atoms with E-state index in [4.69, 9.17) is 0 Å². The molecule has 0 saturated heterocycles. The van der Waals surface area contributed by atoms with Crippen LogP contribution in [0.5, 0.6) is 0 Å². The second-order valence-electron chi connectivity index (χ2n) is 7.28. The molecule has 27 heavy (non-hydrogen) atoms. The maximum atomic E-state index is 3.81. The maximum Gasteiger partial charge on any atom is 0.0673 e. The van der Waals surface area contributed by atoms with E-state index < -0.39 is 0 Å². The molecule has 3 aromatic rings. The van der Waals surface area contributed by atoms with Gasteiger partial charge in [-0.15, -0.1) is 0 Å². The molecule has 0 saturated carbocycles. The van der Waals surface area contributed by atoms with Crippen LogP contribution in [-0.2, 0) is 0 Å². The van der Waals surface area contributed by atoms with Crippen molar-refractivity contribution in [2.24, 2.45) is 5.92 Å². The lowest BCUT2D eigenvalue weighted by molar-refractivity contribution is 0.630. The Morgan fingerprint density at radius 1 is 0.704 bits per heavy atom.